The molecule has 0 amide bonds. The second kappa shape index (κ2) is 10.00. The lowest BCUT2D eigenvalue weighted by Crippen LogP contribution is -2.40. The van der Waals surface area contributed by atoms with Crippen LogP contribution in [0.25, 0.3) is 22.2 Å². The summed E-state index contributed by atoms with van der Waals surface area (Å²) in [6.45, 7) is 2.16. The second-order valence-corrected chi connectivity index (χ2v) is 10.6. The zero-order chi connectivity index (χ0) is 27.3. The normalized spacial score (nSPS) is 21.8. The summed E-state index contributed by atoms with van der Waals surface area (Å²) in [6, 6.07) is 7.83. The Balaban J connectivity index is 1.43. The highest BCUT2D eigenvalue weighted by Gasteiger charge is 2.36. The van der Waals surface area contributed by atoms with Crippen molar-refractivity contribution >= 4 is 10.9 Å². The Kier molecular flexibility index (Phi) is 6.64. The van der Waals surface area contributed by atoms with Crippen LogP contribution in [0.15, 0.2) is 36.7 Å². The molecule has 0 bridgehead atoms. The molecule has 4 atom stereocenters. The van der Waals surface area contributed by atoms with Crippen molar-refractivity contribution < 1.29 is 23.0 Å². The van der Waals surface area contributed by atoms with Crippen molar-refractivity contribution in [2.24, 2.45) is 13.0 Å². The van der Waals surface area contributed by atoms with Crippen LogP contribution in [-0.2, 0) is 18.0 Å². The van der Waals surface area contributed by atoms with E-state index in [2.05, 4.69) is 30.7 Å². The predicted octanol–water partition coefficient (Wildman–Crippen LogP) is 4.11. The first-order valence-electron chi connectivity index (χ1n) is 13.1. The fraction of sp³-hybridized carbons (Fsp3) is 0.481. The van der Waals surface area contributed by atoms with Gasteiger partial charge in [0.25, 0.3) is 0 Å². The van der Waals surface area contributed by atoms with E-state index in [0.717, 1.165) is 36.7 Å². The summed E-state index contributed by atoms with van der Waals surface area (Å²) in [5.41, 5.74) is 1.76. The van der Waals surface area contributed by atoms with Crippen molar-refractivity contribution in [3.05, 3.63) is 59.4 Å². The van der Waals surface area contributed by atoms with Gasteiger partial charge in [0.05, 0.1) is 36.6 Å². The number of halogens is 3. The number of pyridine rings is 1. The largest absolute Gasteiger partial charge is 0.433 e. The zero-order valence-electron chi connectivity index (χ0n) is 21.6. The molecule has 4 heterocycles. The van der Waals surface area contributed by atoms with Crippen LogP contribution in [-0.4, -0.2) is 60.4 Å². The Bertz CT molecular complexity index is 1480. The van der Waals surface area contributed by atoms with Gasteiger partial charge in [0.15, 0.2) is 0 Å². The number of nitrogens with one attached hydrogen (secondary N) is 2. The van der Waals surface area contributed by atoms with Gasteiger partial charge < -0.3 is 19.7 Å². The number of aryl methyl sites for hydroxylation is 1. The number of benzene rings is 1. The Morgan fingerprint density at radius 2 is 2.03 bits per heavy atom. The molecule has 2 aliphatic rings. The van der Waals surface area contributed by atoms with E-state index in [1.807, 2.05) is 35.9 Å². The molecule has 0 unspecified atom stereocenters. The molecule has 39 heavy (non-hydrogen) atoms. The van der Waals surface area contributed by atoms with Crippen molar-refractivity contribution in [3.63, 3.8) is 0 Å². The molecule has 206 valence electrons. The highest BCUT2D eigenvalue weighted by molar-refractivity contribution is 5.94. The number of hydrogen-bond acceptors (Lipinski definition) is 7. The van der Waals surface area contributed by atoms with Crippen molar-refractivity contribution in [1.29, 1.82) is 0 Å². The molecular formula is C27H30F3N7O2. The number of rotatable bonds is 7. The molecule has 1 aliphatic heterocycles. The van der Waals surface area contributed by atoms with Crippen LogP contribution in [0.2, 0.25) is 0 Å². The van der Waals surface area contributed by atoms with Gasteiger partial charge in [-0.25, -0.2) is 4.98 Å². The number of nitrogens with zero attached hydrogens (tertiary/aromatic N) is 5. The number of H-pyrrole nitrogens is 1. The van der Waals surface area contributed by atoms with Crippen LogP contribution in [0.1, 0.15) is 60.9 Å². The molecule has 1 aromatic carbocycles. The van der Waals surface area contributed by atoms with Crippen LogP contribution < -0.4 is 5.32 Å². The summed E-state index contributed by atoms with van der Waals surface area (Å²) in [5.74, 6) is 1.32. The van der Waals surface area contributed by atoms with E-state index >= 15 is 0 Å². The lowest BCUT2D eigenvalue weighted by Gasteiger charge is -2.33. The minimum Gasteiger partial charge on any atom is -0.389 e. The van der Waals surface area contributed by atoms with Gasteiger partial charge in [0, 0.05) is 30.0 Å². The number of aromatic amines is 1. The molecule has 0 radical (unpaired) electrons. The quantitative estimate of drug-likeness (QED) is 0.323. The summed E-state index contributed by atoms with van der Waals surface area (Å²) in [7, 11) is 1.92. The first-order chi connectivity index (χ1) is 18.7. The summed E-state index contributed by atoms with van der Waals surface area (Å²) < 4.78 is 49.1. The summed E-state index contributed by atoms with van der Waals surface area (Å²) in [5, 5.41) is 29.5. The Morgan fingerprint density at radius 3 is 2.67 bits per heavy atom. The number of ether oxygens (including phenoxy) is 1. The van der Waals surface area contributed by atoms with Gasteiger partial charge in [-0.1, -0.05) is 24.6 Å². The molecule has 1 saturated heterocycles. The van der Waals surface area contributed by atoms with Crippen LogP contribution >= 0.6 is 0 Å². The maximum atomic E-state index is 14.0. The lowest BCUT2D eigenvalue weighted by molar-refractivity contribution is -0.141. The second-order valence-electron chi connectivity index (χ2n) is 10.6. The van der Waals surface area contributed by atoms with Gasteiger partial charge in [-0.3, -0.25) is 5.10 Å². The van der Waals surface area contributed by atoms with E-state index in [-0.39, 0.29) is 24.8 Å². The fourth-order valence-corrected chi connectivity index (χ4v) is 5.68. The van der Waals surface area contributed by atoms with Crippen molar-refractivity contribution in [1.82, 2.24) is 35.3 Å². The molecule has 12 heteroatoms. The maximum Gasteiger partial charge on any atom is 0.433 e. The van der Waals surface area contributed by atoms with E-state index in [1.54, 1.807) is 13.3 Å². The first kappa shape index (κ1) is 25.9. The van der Waals surface area contributed by atoms with Crippen molar-refractivity contribution in [2.75, 3.05) is 13.2 Å². The van der Waals surface area contributed by atoms with Crippen LogP contribution in [0.5, 0.6) is 0 Å². The predicted molar refractivity (Wildman–Crippen MR) is 137 cm³/mol. The van der Waals surface area contributed by atoms with Crippen molar-refractivity contribution in [3.8, 4) is 11.3 Å². The van der Waals surface area contributed by atoms with E-state index in [0.29, 0.717) is 28.1 Å². The Hall–Kier alpha value is -3.35. The van der Waals surface area contributed by atoms with Gasteiger partial charge in [0.2, 0.25) is 0 Å². The third kappa shape index (κ3) is 4.81. The van der Waals surface area contributed by atoms with Gasteiger partial charge in [-0.15, -0.1) is 10.2 Å². The zero-order valence-corrected chi connectivity index (χ0v) is 21.6. The lowest BCUT2D eigenvalue weighted by atomic mass is 9.72. The van der Waals surface area contributed by atoms with E-state index < -0.39 is 30.1 Å². The molecule has 1 saturated carbocycles. The SMILES string of the molecule is C[C@@H](N[C@@H]1COC[C@H]1O)c1nc(C(F)(F)F)cc2c(-c3cccc([C@H](c4nncn4C)C4CCC4)c3)n[nH]c12. The van der Waals surface area contributed by atoms with Gasteiger partial charge >= 0.3 is 6.18 Å². The molecule has 3 aromatic heterocycles. The molecule has 0 spiro atoms. The number of fused-ring (bicyclic) bond motifs is 1. The molecule has 6 rings (SSSR count). The monoisotopic (exact) mass is 541 g/mol. The third-order valence-corrected chi connectivity index (χ3v) is 7.96. The average Bonchev–Trinajstić information content (AvgIpc) is 3.60. The van der Waals surface area contributed by atoms with Gasteiger partial charge in [-0.05, 0) is 43.4 Å². The van der Waals surface area contributed by atoms with Gasteiger partial charge in [-0.2, -0.15) is 18.3 Å². The number of hydrogen-bond donors (Lipinski definition) is 3. The summed E-state index contributed by atoms with van der Waals surface area (Å²) >= 11 is 0. The highest BCUT2D eigenvalue weighted by atomic mass is 19.4. The Morgan fingerprint density at radius 1 is 1.21 bits per heavy atom. The highest BCUT2D eigenvalue weighted by Crippen LogP contribution is 2.44. The smallest absolute Gasteiger partial charge is 0.389 e. The number of alkyl halides is 3. The van der Waals surface area contributed by atoms with E-state index in [1.165, 1.54) is 0 Å². The third-order valence-electron chi connectivity index (χ3n) is 7.96. The van der Waals surface area contributed by atoms with Gasteiger partial charge in [0.1, 0.15) is 23.5 Å². The number of aromatic nitrogens is 6. The molecule has 1 aliphatic carbocycles. The van der Waals surface area contributed by atoms with Crippen LogP contribution in [0, 0.1) is 5.92 Å². The molecule has 3 N–H and O–H groups in total. The Labute approximate surface area is 222 Å². The summed E-state index contributed by atoms with van der Waals surface area (Å²) in [4.78, 5) is 3.98. The average molecular weight is 542 g/mol. The first-order valence-corrected chi connectivity index (χ1v) is 13.1. The van der Waals surface area contributed by atoms with E-state index in [4.69, 9.17) is 4.74 Å². The molecule has 2 fully saturated rings. The van der Waals surface area contributed by atoms with Crippen LogP contribution in [0.3, 0.4) is 0 Å². The molecule has 4 aromatic rings. The molecular weight excluding hydrogens is 511 g/mol. The van der Waals surface area contributed by atoms with E-state index in [9.17, 15) is 18.3 Å². The topological polar surface area (TPSA) is 114 Å². The number of aliphatic hydroxyl groups is 1. The van der Waals surface area contributed by atoms with Crippen LogP contribution in [0.4, 0.5) is 13.2 Å². The standard InChI is InChI=1S/C27H30F3N7O2/c1-14(32-19-11-39-12-20(19)38)23-25-18(10-21(33-23)27(28,29)30)24(34-35-25)17-8-4-7-16(9-17)22(15-5-3-6-15)26-36-31-13-37(26)2/h4,7-10,13-15,19-20,22,32,38H,3,5-6,11-12H2,1-2H3,(H,34,35)/t14-,19-,20-,22-/m1/s1. The van der Waals surface area contributed by atoms with Crippen molar-refractivity contribution in [2.45, 2.75) is 56.5 Å². The summed E-state index contributed by atoms with van der Waals surface area (Å²) in [6.07, 6.45) is -0.368. The minimum absolute atomic E-state index is 0.0312. The maximum absolute atomic E-state index is 14.0. The molecule has 9 nitrogen and oxygen atoms in total. The fourth-order valence-electron chi connectivity index (χ4n) is 5.68. The number of aliphatic hydroxyl groups excluding tert-OH is 1. The minimum atomic E-state index is -4.64.